The topological polar surface area (TPSA) is 75.4 Å². The normalized spacial score (nSPS) is 14.7. The summed E-state index contributed by atoms with van der Waals surface area (Å²) in [5.41, 5.74) is 8.27. The SMILES string of the molecule is NC(=O)c1ccc(CC2CCN(C(=O)NCCc3ccccc3)CC2)cc1. The largest absolute Gasteiger partial charge is 0.366 e. The Kier molecular flexibility index (Phi) is 6.47. The van der Waals surface area contributed by atoms with Gasteiger partial charge in [-0.05, 0) is 54.9 Å². The summed E-state index contributed by atoms with van der Waals surface area (Å²) in [4.78, 5) is 25.4. The molecule has 1 saturated heterocycles. The Morgan fingerprint density at radius 1 is 0.963 bits per heavy atom. The Balaban J connectivity index is 1.39. The Bertz CT molecular complexity index is 751. The van der Waals surface area contributed by atoms with Crippen molar-refractivity contribution in [2.24, 2.45) is 11.7 Å². The highest BCUT2D eigenvalue weighted by molar-refractivity contribution is 5.92. The van der Waals surface area contributed by atoms with Gasteiger partial charge in [-0.25, -0.2) is 4.79 Å². The third-order valence-corrected chi connectivity index (χ3v) is 5.20. The number of hydrogen-bond donors (Lipinski definition) is 2. The summed E-state index contributed by atoms with van der Waals surface area (Å²) < 4.78 is 0. The third-order valence-electron chi connectivity index (χ3n) is 5.20. The number of nitrogens with one attached hydrogen (secondary N) is 1. The first-order valence-electron chi connectivity index (χ1n) is 9.57. The fourth-order valence-electron chi connectivity index (χ4n) is 3.55. The van der Waals surface area contributed by atoms with E-state index in [4.69, 9.17) is 5.73 Å². The molecule has 5 nitrogen and oxygen atoms in total. The van der Waals surface area contributed by atoms with Crippen molar-refractivity contribution in [3.05, 3.63) is 71.3 Å². The van der Waals surface area contributed by atoms with Crippen molar-refractivity contribution in [1.82, 2.24) is 10.2 Å². The van der Waals surface area contributed by atoms with E-state index in [-0.39, 0.29) is 6.03 Å². The van der Waals surface area contributed by atoms with Crippen molar-refractivity contribution >= 4 is 11.9 Å². The Hall–Kier alpha value is -2.82. The lowest BCUT2D eigenvalue weighted by Gasteiger charge is -2.32. The number of piperidine rings is 1. The van der Waals surface area contributed by atoms with Crippen LogP contribution in [0.15, 0.2) is 54.6 Å². The van der Waals surface area contributed by atoms with Crippen LogP contribution in [-0.4, -0.2) is 36.5 Å². The summed E-state index contributed by atoms with van der Waals surface area (Å²) in [6.07, 6.45) is 3.83. The Morgan fingerprint density at radius 2 is 1.63 bits per heavy atom. The van der Waals surface area contributed by atoms with Crippen LogP contribution in [0.3, 0.4) is 0 Å². The lowest BCUT2D eigenvalue weighted by Crippen LogP contribution is -2.45. The molecule has 0 unspecified atom stereocenters. The summed E-state index contributed by atoms with van der Waals surface area (Å²) in [6, 6.07) is 17.7. The van der Waals surface area contributed by atoms with Gasteiger partial charge in [0.05, 0.1) is 0 Å². The zero-order chi connectivity index (χ0) is 19.1. The lowest BCUT2D eigenvalue weighted by atomic mass is 9.90. The highest BCUT2D eigenvalue weighted by Crippen LogP contribution is 2.22. The van der Waals surface area contributed by atoms with Crippen LogP contribution in [0.5, 0.6) is 0 Å². The minimum atomic E-state index is -0.395. The molecule has 3 rings (SSSR count). The number of urea groups is 1. The maximum atomic E-state index is 12.3. The summed E-state index contributed by atoms with van der Waals surface area (Å²) in [7, 11) is 0. The number of benzene rings is 2. The molecule has 0 saturated carbocycles. The maximum Gasteiger partial charge on any atom is 0.317 e. The highest BCUT2D eigenvalue weighted by atomic mass is 16.2. The van der Waals surface area contributed by atoms with Crippen molar-refractivity contribution in [3.8, 4) is 0 Å². The van der Waals surface area contributed by atoms with Crippen LogP contribution in [0.2, 0.25) is 0 Å². The molecule has 2 aromatic carbocycles. The van der Waals surface area contributed by atoms with Gasteiger partial charge in [-0.3, -0.25) is 4.79 Å². The first-order valence-corrected chi connectivity index (χ1v) is 9.57. The number of nitrogens with two attached hydrogens (primary N) is 1. The number of rotatable bonds is 6. The standard InChI is InChI=1S/C22H27N3O2/c23-21(26)20-8-6-18(7-9-20)16-19-11-14-25(15-12-19)22(27)24-13-10-17-4-2-1-3-5-17/h1-9,19H,10-16H2,(H2,23,26)(H,24,27). The number of primary amides is 1. The molecule has 2 aromatic rings. The molecule has 142 valence electrons. The fraction of sp³-hybridized carbons (Fsp3) is 0.364. The van der Waals surface area contributed by atoms with E-state index in [1.54, 1.807) is 12.1 Å². The number of amides is 3. The molecule has 0 aromatic heterocycles. The minimum absolute atomic E-state index is 0.0372. The molecule has 27 heavy (non-hydrogen) atoms. The average molecular weight is 365 g/mol. The summed E-state index contributed by atoms with van der Waals surface area (Å²) in [5.74, 6) is 0.172. The molecule has 0 bridgehead atoms. The van der Waals surface area contributed by atoms with E-state index in [0.29, 0.717) is 18.0 Å². The number of carbonyl (C=O) groups is 2. The fourth-order valence-corrected chi connectivity index (χ4v) is 3.55. The Labute approximate surface area is 160 Å². The van der Waals surface area contributed by atoms with Crippen LogP contribution in [0.4, 0.5) is 4.79 Å². The van der Waals surface area contributed by atoms with Crippen LogP contribution >= 0.6 is 0 Å². The molecular weight excluding hydrogens is 338 g/mol. The van der Waals surface area contributed by atoms with Gasteiger partial charge < -0.3 is 16.0 Å². The highest BCUT2D eigenvalue weighted by Gasteiger charge is 2.22. The molecule has 5 heteroatoms. The van der Waals surface area contributed by atoms with Gasteiger partial charge in [0.2, 0.25) is 5.91 Å². The Morgan fingerprint density at radius 3 is 2.26 bits per heavy atom. The summed E-state index contributed by atoms with van der Waals surface area (Å²) in [5, 5.41) is 3.03. The van der Waals surface area contributed by atoms with Gasteiger partial charge in [0.25, 0.3) is 0 Å². The van der Waals surface area contributed by atoms with E-state index in [9.17, 15) is 9.59 Å². The molecule has 0 aliphatic carbocycles. The number of hydrogen-bond acceptors (Lipinski definition) is 2. The predicted octanol–water partition coefficient (Wildman–Crippen LogP) is 2.99. The number of likely N-dealkylation sites (tertiary alicyclic amines) is 1. The van der Waals surface area contributed by atoms with E-state index in [0.717, 1.165) is 38.8 Å². The van der Waals surface area contributed by atoms with E-state index in [1.165, 1.54) is 11.1 Å². The molecule has 0 atom stereocenters. The van der Waals surface area contributed by atoms with Crippen LogP contribution < -0.4 is 11.1 Å². The van der Waals surface area contributed by atoms with Crippen molar-refractivity contribution in [2.45, 2.75) is 25.7 Å². The van der Waals surface area contributed by atoms with Gasteiger partial charge in [0.15, 0.2) is 0 Å². The number of nitrogens with zero attached hydrogens (tertiary/aromatic N) is 1. The molecule has 3 amide bonds. The molecule has 1 heterocycles. The van der Waals surface area contributed by atoms with Gasteiger partial charge >= 0.3 is 6.03 Å². The first-order chi connectivity index (χ1) is 13.1. The van der Waals surface area contributed by atoms with Crippen molar-refractivity contribution in [3.63, 3.8) is 0 Å². The summed E-state index contributed by atoms with van der Waals surface area (Å²) in [6.45, 7) is 2.25. The van der Waals surface area contributed by atoms with Crippen LogP contribution in [-0.2, 0) is 12.8 Å². The third kappa shape index (κ3) is 5.58. The van der Waals surface area contributed by atoms with Crippen molar-refractivity contribution in [1.29, 1.82) is 0 Å². The smallest absolute Gasteiger partial charge is 0.317 e. The van der Waals surface area contributed by atoms with Gasteiger partial charge in [-0.1, -0.05) is 42.5 Å². The van der Waals surface area contributed by atoms with Crippen LogP contribution in [0, 0.1) is 5.92 Å². The van der Waals surface area contributed by atoms with Crippen LogP contribution in [0.25, 0.3) is 0 Å². The quantitative estimate of drug-likeness (QED) is 0.826. The molecule has 1 aliphatic heterocycles. The molecule has 1 aliphatic rings. The van der Waals surface area contributed by atoms with Gasteiger partial charge in [-0.2, -0.15) is 0 Å². The van der Waals surface area contributed by atoms with Gasteiger partial charge in [-0.15, -0.1) is 0 Å². The van der Waals surface area contributed by atoms with E-state index < -0.39 is 5.91 Å². The van der Waals surface area contributed by atoms with Crippen molar-refractivity contribution in [2.75, 3.05) is 19.6 Å². The van der Waals surface area contributed by atoms with E-state index in [2.05, 4.69) is 17.4 Å². The minimum Gasteiger partial charge on any atom is -0.366 e. The number of carbonyl (C=O) groups excluding carboxylic acids is 2. The maximum absolute atomic E-state index is 12.3. The second kappa shape index (κ2) is 9.21. The van der Waals surface area contributed by atoms with E-state index >= 15 is 0 Å². The van der Waals surface area contributed by atoms with Crippen LogP contribution in [0.1, 0.15) is 34.3 Å². The average Bonchev–Trinajstić information content (AvgIpc) is 2.70. The summed E-state index contributed by atoms with van der Waals surface area (Å²) >= 11 is 0. The first kappa shape index (κ1) is 19.0. The molecule has 0 radical (unpaired) electrons. The van der Waals surface area contributed by atoms with Gasteiger partial charge in [0.1, 0.15) is 0 Å². The van der Waals surface area contributed by atoms with Crippen molar-refractivity contribution < 1.29 is 9.59 Å². The molecule has 3 N–H and O–H groups in total. The second-order valence-electron chi connectivity index (χ2n) is 7.16. The zero-order valence-corrected chi connectivity index (χ0v) is 15.6. The second-order valence-corrected chi connectivity index (χ2v) is 7.16. The zero-order valence-electron chi connectivity index (χ0n) is 15.6. The lowest BCUT2D eigenvalue weighted by molar-refractivity contribution is 0.1000. The molecule has 1 fully saturated rings. The monoisotopic (exact) mass is 365 g/mol. The van der Waals surface area contributed by atoms with E-state index in [1.807, 2.05) is 35.2 Å². The molecular formula is C22H27N3O2. The predicted molar refractivity (Wildman–Crippen MR) is 107 cm³/mol. The molecule has 0 spiro atoms. The van der Waals surface area contributed by atoms with Gasteiger partial charge in [0, 0.05) is 25.2 Å².